The number of hydrogen-bond donors (Lipinski definition) is 3. The van der Waals surface area contributed by atoms with Gasteiger partial charge < -0.3 is 15.7 Å². The molecule has 0 heterocycles. The fourth-order valence-corrected chi connectivity index (χ4v) is 2.58. The molecular weight excluding hydrogens is 236 g/mol. The molecule has 3 N–H and O–H groups in total. The van der Waals surface area contributed by atoms with Gasteiger partial charge in [-0.1, -0.05) is 0 Å². The van der Waals surface area contributed by atoms with E-state index in [1.807, 2.05) is 0 Å². The minimum Gasteiger partial charge on any atom is -0.481 e. The van der Waals surface area contributed by atoms with Crippen LogP contribution >= 0.6 is 0 Å². The van der Waals surface area contributed by atoms with Gasteiger partial charge in [0, 0.05) is 13.1 Å². The van der Waals surface area contributed by atoms with Gasteiger partial charge >= 0.3 is 5.97 Å². The Bertz CT molecular complexity index is 390. The predicted molar refractivity (Wildman–Crippen MR) is 62.6 cm³/mol. The molecule has 0 aromatic heterocycles. The lowest BCUT2D eigenvalue weighted by molar-refractivity contribution is -0.142. The minimum atomic E-state index is -0.893. The zero-order chi connectivity index (χ0) is 13.3. The lowest BCUT2D eigenvalue weighted by Crippen LogP contribution is -2.45. The van der Waals surface area contributed by atoms with Crippen molar-refractivity contribution in [3.05, 3.63) is 0 Å². The minimum absolute atomic E-state index is 0.110. The second-order valence-corrected chi connectivity index (χ2v) is 5.18. The average Bonchev–Trinajstić information content (AvgIpc) is 3.03. The van der Waals surface area contributed by atoms with Crippen molar-refractivity contribution in [1.29, 1.82) is 0 Å². The maximum absolute atomic E-state index is 12.0. The van der Waals surface area contributed by atoms with Crippen LogP contribution in [0, 0.1) is 11.3 Å². The van der Waals surface area contributed by atoms with Gasteiger partial charge in [-0.3, -0.25) is 14.4 Å². The third-order valence-electron chi connectivity index (χ3n) is 3.96. The second-order valence-electron chi connectivity index (χ2n) is 5.18. The average molecular weight is 254 g/mol. The molecule has 18 heavy (non-hydrogen) atoms. The molecule has 0 aromatic carbocycles. The van der Waals surface area contributed by atoms with Gasteiger partial charge in [0.05, 0.1) is 5.92 Å². The molecule has 2 aliphatic rings. The zero-order valence-electron chi connectivity index (χ0n) is 10.4. The number of hydrogen-bond acceptors (Lipinski definition) is 3. The number of carbonyl (C=O) groups is 3. The van der Waals surface area contributed by atoms with Crippen molar-refractivity contribution in [3.8, 4) is 0 Å². The van der Waals surface area contributed by atoms with Crippen molar-refractivity contribution in [1.82, 2.24) is 10.6 Å². The van der Waals surface area contributed by atoms with Gasteiger partial charge in [-0.05, 0) is 32.1 Å². The highest BCUT2D eigenvalue weighted by Gasteiger charge is 2.56. The van der Waals surface area contributed by atoms with Crippen LogP contribution in [-0.2, 0) is 14.4 Å². The smallest absolute Gasteiger partial charge is 0.306 e. The highest BCUT2D eigenvalue weighted by atomic mass is 16.4. The second kappa shape index (κ2) is 4.59. The largest absolute Gasteiger partial charge is 0.481 e. The lowest BCUT2D eigenvalue weighted by Gasteiger charge is -2.18. The number of carboxylic acids is 1. The molecule has 100 valence electrons. The molecule has 6 nitrogen and oxygen atoms in total. The Morgan fingerprint density at radius 1 is 1.17 bits per heavy atom. The molecule has 0 unspecified atom stereocenters. The van der Waals surface area contributed by atoms with Crippen LogP contribution in [-0.4, -0.2) is 36.0 Å². The maximum atomic E-state index is 12.0. The number of nitrogens with one attached hydrogen (secondary N) is 2. The molecule has 0 radical (unpaired) electrons. The first-order chi connectivity index (χ1) is 8.49. The molecule has 2 fully saturated rings. The Morgan fingerprint density at radius 3 is 2.28 bits per heavy atom. The molecule has 2 aliphatic carbocycles. The Labute approximate surface area is 105 Å². The van der Waals surface area contributed by atoms with Crippen molar-refractivity contribution in [2.24, 2.45) is 11.3 Å². The lowest BCUT2D eigenvalue weighted by atomic mass is 10.0. The van der Waals surface area contributed by atoms with Gasteiger partial charge in [0.25, 0.3) is 0 Å². The first kappa shape index (κ1) is 12.9. The quantitative estimate of drug-likeness (QED) is 0.610. The third-order valence-corrected chi connectivity index (χ3v) is 3.96. The van der Waals surface area contributed by atoms with Crippen molar-refractivity contribution < 1.29 is 19.5 Å². The highest BCUT2D eigenvalue weighted by molar-refractivity contribution is 6.07. The first-order valence-corrected chi connectivity index (χ1v) is 6.25. The van der Waals surface area contributed by atoms with Gasteiger partial charge in [-0.25, -0.2) is 0 Å². The SMILES string of the molecule is CNC(=O)C1(C(=O)N[C@H]2CC[C@@H](C(=O)O)C2)CC1. The van der Waals surface area contributed by atoms with Gasteiger partial charge in [-0.15, -0.1) is 0 Å². The monoisotopic (exact) mass is 254 g/mol. The van der Waals surface area contributed by atoms with E-state index in [1.165, 1.54) is 7.05 Å². The number of amides is 2. The molecule has 2 saturated carbocycles. The number of aliphatic carboxylic acids is 1. The summed E-state index contributed by atoms with van der Waals surface area (Å²) in [5, 5.41) is 14.2. The summed E-state index contributed by atoms with van der Waals surface area (Å²) in [4.78, 5) is 34.5. The van der Waals surface area contributed by atoms with Crippen LogP contribution in [0.2, 0.25) is 0 Å². The van der Waals surface area contributed by atoms with E-state index in [0.717, 1.165) is 0 Å². The normalized spacial score (nSPS) is 28.5. The van der Waals surface area contributed by atoms with Crippen molar-refractivity contribution >= 4 is 17.8 Å². The third kappa shape index (κ3) is 2.19. The molecule has 0 bridgehead atoms. The van der Waals surface area contributed by atoms with E-state index in [1.54, 1.807) is 0 Å². The molecule has 2 atom stereocenters. The van der Waals surface area contributed by atoms with Gasteiger partial charge in [-0.2, -0.15) is 0 Å². The Balaban J connectivity index is 1.90. The summed E-state index contributed by atoms with van der Waals surface area (Å²) in [5.41, 5.74) is -0.893. The van der Waals surface area contributed by atoms with E-state index in [2.05, 4.69) is 10.6 Å². The predicted octanol–water partition coefficient (Wildman–Crippen LogP) is -0.118. The summed E-state index contributed by atoms with van der Waals surface area (Å²) >= 11 is 0. The van der Waals surface area contributed by atoms with Gasteiger partial charge in [0.2, 0.25) is 11.8 Å². The van der Waals surface area contributed by atoms with Crippen LogP contribution in [0.25, 0.3) is 0 Å². The van der Waals surface area contributed by atoms with E-state index in [9.17, 15) is 14.4 Å². The van der Waals surface area contributed by atoms with Crippen LogP contribution in [0.1, 0.15) is 32.1 Å². The number of carboxylic acid groups (broad SMARTS) is 1. The van der Waals surface area contributed by atoms with Crippen molar-refractivity contribution in [2.45, 2.75) is 38.1 Å². The van der Waals surface area contributed by atoms with Crippen LogP contribution in [0.3, 0.4) is 0 Å². The summed E-state index contributed by atoms with van der Waals surface area (Å²) < 4.78 is 0. The molecular formula is C12H18N2O4. The molecule has 6 heteroatoms. The van der Waals surface area contributed by atoms with E-state index in [4.69, 9.17) is 5.11 Å². The summed E-state index contributed by atoms with van der Waals surface area (Å²) in [6.07, 6.45) is 2.88. The zero-order valence-corrected chi connectivity index (χ0v) is 10.4. The van der Waals surface area contributed by atoms with E-state index >= 15 is 0 Å². The fraction of sp³-hybridized carbons (Fsp3) is 0.750. The summed E-state index contributed by atoms with van der Waals surface area (Å²) in [6, 6.07) is -0.110. The first-order valence-electron chi connectivity index (χ1n) is 6.25. The van der Waals surface area contributed by atoms with Crippen LogP contribution in [0.4, 0.5) is 0 Å². The summed E-state index contributed by atoms with van der Waals surface area (Å²) in [6.45, 7) is 0. The fourth-order valence-electron chi connectivity index (χ4n) is 2.58. The Morgan fingerprint density at radius 2 is 1.83 bits per heavy atom. The number of carbonyl (C=O) groups excluding carboxylic acids is 2. The maximum Gasteiger partial charge on any atom is 0.306 e. The summed E-state index contributed by atoms with van der Waals surface area (Å²) in [7, 11) is 1.52. The summed E-state index contributed by atoms with van der Waals surface area (Å²) in [5.74, 6) is -1.67. The van der Waals surface area contributed by atoms with Crippen LogP contribution in [0.15, 0.2) is 0 Å². The molecule has 2 amide bonds. The molecule has 0 aromatic rings. The van der Waals surface area contributed by atoms with Crippen molar-refractivity contribution in [3.63, 3.8) is 0 Å². The Kier molecular flexibility index (Phi) is 3.28. The van der Waals surface area contributed by atoms with Crippen molar-refractivity contribution in [2.75, 3.05) is 7.05 Å². The van der Waals surface area contributed by atoms with Crippen LogP contribution in [0.5, 0.6) is 0 Å². The van der Waals surface area contributed by atoms with Gasteiger partial charge in [0.1, 0.15) is 5.41 Å². The molecule has 0 aliphatic heterocycles. The standard InChI is InChI=1S/C12H18N2O4/c1-13-10(17)12(4-5-12)11(18)14-8-3-2-7(6-8)9(15)16/h7-8H,2-6H2,1H3,(H,13,17)(H,14,18)(H,15,16)/t7-,8+/m1/s1. The highest BCUT2D eigenvalue weighted by Crippen LogP contribution is 2.46. The van der Waals surface area contributed by atoms with Gasteiger partial charge in [0.15, 0.2) is 0 Å². The molecule has 0 saturated heterocycles. The topological polar surface area (TPSA) is 95.5 Å². The van der Waals surface area contributed by atoms with Crippen LogP contribution < -0.4 is 10.6 Å². The van der Waals surface area contributed by atoms with E-state index in [0.29, 0.717) is 32.1 Å². The number of rotatable bonds is 4. The molecule has 0 spiro atoms. The van der Waals surface area contributed by atoms with E-state index in [-0.39, 0.29) is 23.8 Å². The Hall–Kier alpha value is -1.59. The molecule has 2 rings (SSSR count). The van der Waals surface area contributed by atoms with E-state index < -0.39 is 11.4 Å².